The highest BCUT2D eigenvalue weighted by atomic mass is 28.4. The molecule has 8 nitrogen and oxygen atoms in total. The SMILES string of the molecule is C[C@H]1[C@H]([Si](C)(C)F)[C@@H](CCO)O[C@]12C(=O)N(Cc1cccc(N3C(=O)CCc4ccccc43)c1)c1ccc(N3C(=O)CCc4ccccc43)cc12. The van der Waals surface area contributed by atoms with Crippen LogP contribution < -0.4 is 14.7 Å². The summed E-state index contributed by atoms with van der Waals surface area (Å²) in [5.74, 6) is -0.851. The van der Waals surface area contributed by atoms with Gasteiger partial charge in [0.25, 0.3) is 5.91 Å². The predicted molar refractivity (Wildman–Crippen MR) is 198 cm³/mol. The molecule has 4 aliphatic rings. The van der Waals surface area contributed by atoms with Gasteiger partial charge in [0.15, 0.2) is 5.60 Å². The van der Waals surface area contributed by atoms with Gasteiger partial charge in [-0.05, 0) is 91.5 Å². The topological polar surface area (TPSA) is 90.4 Å². The number of aliphatic hydroxyl groups excluding tert-OH is 1. The highest BCUT2D eigenvalue weighted by Crippen LogP contribution is 2.61. The van der Waals surface area contributed by atoms with Crippen molar-refractivity contribution < 1.29 is 28.3 Å². The molecular formula is C41H42FN3O5Si. The van der Waals surface area contributed by atoms with Gasteiger partial charge < -0.3 is 18.9 Å². The van der Waals surface area contributed by atoms with Crippen molar-refractivity contribution in [3.63, 3.8) is 0 Å². The quantitative estimate of drug-likeness (QED) is 0.158. The number of anilines is 5. The lowest BCUT2D eigenvalue weighted by Gasteiger charge is -2.32. The average molecular weight is 704 g/mol. The molecule has 8 rings (SSSR count). The van der Waals surface area contributed by atoms with Crippen LogP contribution in [0.2, 0.25) is 18.6 Å². The molecule has 1 saturated heterocycles. The van der Waals surface area contributed by atoms with Crippen LogP contribution in [0.25, 0.3) is 0 Å². The fourth-order valence-electron chi connectivity index (χ4n) is 9.13. The van der Waals surface area contributed by atoms with Gasteiger partial charge in [-0.25, -0.2) is 0 Å². The zero-order valence-corrected chi connectivity index (χ0v) is 30.1. The molecular weight excluding hydrogens is 662 g/mol. The van der Waals surface area contributed by atoms with E-state index >= 15 is 8.90 Å². The van der Waals surface area contributed by atoms with Crippen molar-refractivity contribution in [2.45, 2.75) is 75.9 Å². The van der Waals surface area contributed by atoms with E-state index in [0.29, 0.717) is 42.6 Å². The van der Waals surface area contributed by atoms with E-state index in [1.165, 1.54) is 0 Å². The summed E-state index contributed by atoms with van der Waals surface area (Å²) >= 11 is 0. The Hall–Kier alpha value is -4.64. The van der Waals surface area contributed by atoms with Crippen molar-refractivity contribution in [2.75, 3.05) is 21.3 Å². The third-order valence-corrected chi connectivity index (χ3v) is 13.8. The molecule has 0 radical (unpaired) electrons. The smallest absolute Gasteiger partial charge is 0.264 e. The lowest BCUT2D eigenvalue weighted by molar-refractivity contribution is -0.146. The van der Waals surface area contributed by atoms with Gasteiger partial charge in [0.2, 0.25) is 20.2 Å². The molecule has 0 unspecified atom stereocenters. The number of hydrogen-bond acceptors (Lipinski definition) is 5. The largest absolute Gasteiger partial charge is 0.396 e. The first kappa shape index (κ1) is 33.5. The molecule has 1 fully saturated rings. The van der Waals surface area contributed by atoms with Crippen LogP contribution in [0.15, 0.2) is 91.0 Å². The standard InChI is InChI=1S/C41H42FN3O5Si/c1-26-39(51(2,3)42)36(21-22-46)50-41(26)32-24-31(45-34-14-7-5-11-29(34)16-20-38(45)48)17-18-35(32)43(40(41)49)25-27-9-8-12-30(23-27)44-33-13-6-4-10-28(33)15-19-37(44)47/h4-14,17-18,23-24,26,36,39,46H,15-16,19-22,25H2,1-3H3/t26-,36+,39-,41+/m0/s1. The van der Waals surface area contributed by atoms with Crippen LogP contribution in [0.5, 0.6) is 0 Å². The fourth-order valence-corrected chi connectivity index (χ4v) is 11.7. The normalized spacial score (nSPS) is 24.3. The van der Waals surface area contributed by atoms with Crippen LogP contribution in [0.3, 0.4) is 0 Å². The Morgan fingerprint density at radius 2 is 1.39 bits per heavy atom. The van der Waals surface area contributed by atoms with Gasteiger partial charge in [0, 0.05) is 47.8 Å². The second kappa shape index (κ2) is 12.5. The maximum atomic E-state index is 16.2. The van der Waals surface area contributed by atoms with Gasteiger partial charge in [-0.1, -0.05) is 55.5 Å². The first-order valence-corrected chi connectivity index (χ1v) is 20.8. The van der Waals surface area contributed by atoms with E-state index in [2.05, 4.69) is 0 Å². The van der Waals surface area contributed by atoms with E-state index in [0.717, 1.165) is 33.8 Å². The van der Waals surface area contributed by atoms with E-state index in [1.807, 2.05) is 97.9 Å². The zero-order chi connectivity index (χ0) is 35.7. The van der Waals surface area contributed by atoms with Gasteiger partial charge in [-0.3, -0.25) is 24.2 Å². The van der Waals surface area contributed by atoms with Gasteiger partial charge in [0.1, 0.15) is 0 Å². The van der Waals surface area contributed by atoms with Crippen LogP contribution in [-0.2, 0) is 44.1 Å². The third-order valence-electron chi connectivity index (χ3n) is 11.3. The third kappa shape index (κ3) is 5.34. The first-order chi connectivity index (χ1) is 24.5. The van der Waals surface area contributed by atoms with Gasteiger partial charge in [-0.2, -0.15) is 0 Å². The summed E-state index contributed by atoms with van der Waals surface area (Å²) in [7, 11) is -3.40. The van der Waals surface area contributed by atoms with Gasteiger partial charge in [0.05, 0.1) is 29.7 Å². The number of ether oxygens (including phenoxy) is 1. The minimum absolute atomic E-state index is 0.0147. The van der Waals surface area contributed by atoms with Crippen molar-refractivity contribution in [3.05, 3.63) is 113 Å². The van der Waals surface area contributed by atoms with Crippen molar-refractivity contribution in [2.24, 2.45) is 5.92 Å². The molecule has 51 heavy (non-hydrogen) atoms. The summed E-state index contributed by atoms with van der Waals surface area (Å²) in [5.41, 5.74) is 5.20. The van der Waals surface area contributed by atoms with E-state index in [4.69, 9.17) is 4.74 Å². The molecule has 4 aliphatic heterocycles. The number of para-hydroxylation sites is 2. The number of carbonyl (C=O) groups excluding carboxylic acids is 3. The van der Waals surface area contributed by atoms with E-state index < -0.39 is 31.6 Å². The van der Waals surface area contributed by atoms with Crippen molar-refractivity contribution in [3.8, 4) is 0 Å². The van der Waals surface area contributed by atoms with Crippen LogP contribution in [0.1, 0.15) is 48.4 Å². The first-order valence-electron chi connectivity index (χ1n) is 17.9. The van der Waals surface area contributed by atoms with Crippen LogP contribution in [-0.4, -0.2) is 43.9 Å². The highest BCUT2D eigenvalue weighted by Gasteiger charge is 2.66. The summed E-state index contributed by atoms with van der Waals surface area (Å²) in [6, 6.07) is 29.1. The monoisotopic (exact) mass is 703 g/mol. The summed E-state index contributed by atoms with van der Waals surface area (Å²) in [6.45, 7) is 5.19. The van der Waals surface area contributed by atoms with Crippen molar-refractivity contribution >= 4 is 54.6 Å². The summed E-state index contributed by atoms with van der Waals surface area (Å²) < 4.78 is 23.0. The van der Waals surface area contributed by atoms with Crippen LogP contribution >= 0.6 is 0 Å². The Labute approximate surface area is 298 Å². The Morgan fingerprint density at radius 3 is 2.00 bits per heavy atom. The van der Waals surface area contributed by atoms with E-state index in [9.17, 15) is 14.7 Å². The Morgan fingerprint density at radius 1 is 0.784 bits per heavy atom. The van der Waals surface area contributed by atoms with E-state index in [-0.39, 0.29) is 37.3 Å². The molecule has 1 spiro atoms. The summed E-state index contributed by atoms with van der Waals surface area (Å²) in [6.07, 6.45) is 1.68. The maximum absolute atomic E-state index is 16.2. The van der Waals surface area contributed by atoms with Gasteiger partial charge >= 0.3 is 0 Å². The van der Waals surface area contributed by atoms with E-state index in [1.54, 1.807) is 27.8 Å². The lowest BCUT2D eigenvalue weighted by Crippen LogP contribution is -2.45. The number of halogens is 1. The summed E-state index contributed by atoms with van der Waals surface area (Å²) in [4.78, 5) is 47.0. The molecule has 262 valence electrons. The van der Waals surface area contributed by atoms with Crippen LogP contribution in [0.4, 0.5) is 32.5 Å². The minimum atomic E-state index is -3.40. The number of rotatable bonds is 7. The van der Waals surface area contributed by atoms with Gasteiger partial charge in [-0.15, -0.1) is 0 Å². The van der Waals surface area contributed by atoms with Crippen molar-refractivity contribution in [1.82, 2.24) is 0 Å². The number of nitrogens with zero attached hydrogens (tertiary/aromatic N) is 3. The molecule has 0 bridgehead atoms. The molecule has 0 aromatic heterocycles. The molecule has 4 atom stereocenters. The lowest BCUT2D eigenvalue weighted by atomic mass is 9.82. The number of hydrogen-bond donors (Lipinski definition) is 1. The number of amides is 3. The Balaban J connectivity index is 1.23. The number of carbonyl (C=O) groups is 3. The average Bonchev–Trinajstić information content (AvgIpc) is 3.54. The molecule has 0 aliphatic carbocycles. The maximum Gasteiger partial charge on any atom is 0.264 e. The van der Waals surface area contributed by atoms with Crippen molar-refractivity contribution in [1.29, 1.82) is 0 Å². The zero-order valence-electron chi connectivity index (χ0n) is 29.1. The Bertz CT molecular complexity index is 2060. The minimum Gasteiger partial charge on any atom is -0.396 e. The summed E-state index contributed by atoms with van der Waals surface area (Å²) in [5, 5.41) is 10.0. The number of fused-ring (bicyclic) bond motifs is 4. The number of aryl methyl sites for hydroxylation is 2. The fraction of sp³-hybridized carbons (Fsp3) is 0.341. The molecule has 4 heterocycles. The van der Waals surface area contributed by atoms with Crippen LogP contribution in [0, 0.1) is 5.92 Å². The highest BCUT2D eigenvalue weighted by molar-refractivity contribution is 6.72. The predicted octanol–water partition coefficient (Wildman–Crippen LogP) is 7.61. The molecule has 4 aromatic carbocycles. The Kier molecular flexibility index (Phi) is 8.24. The molecule has 10 heteroatoms. The molecule has 3 amide bonds. The second-order valence-electron chi connectivity index (χ2n) is 14.8. The molecule has 4 aromatic rings. The number of benzene rings is 4. The number of aliphatic hydroxyl groups is 1. The molecule has 0 saturated carbocycles. The molecule has 1 N–H and O–H groups in total. The second-order valence-corrected chi connectivity index (χ2v) is 18.6.